The van der Waals surface area contributed by atoms with Crippen LogP contribution in [-0.4, -0.2) is 168 Å². The number of nitrogens with zero attached hydrogens (tertiary/aromatic N) is 4. The molecule has 744 valence electrons. The van der Waals surface area contributed by atoms with Gasteiger partial charge in [0.05, 0.1) is 95.8 Å². The van der Waals surface area contributed by atoms with Crippen LogP contribution in [0.2, 0.25) is 20.1 Å². The highest BCUT2D eigenvalue weighted by atomic mass is 35.5. The molecule has 24 heteroatoms. The Hall–Kier alpha value is -10.0. The summed E-state index contributed by atoms with van der Waals surface area (Å²) in [5.41, 5.74) is 13.0. The van der Waals surface area contributed by atoms with Crippen LogP contribution >= 0.6 is 46.4 Å². The number of halogens is 4. The summed E-state index contributed by atoms with van der Waals surface area (Å²) in [6, 6.07) is 45.4. The van der Waals surface area contributed by atoms with Gasteiger partial charge in [0.15, 0.2) is 0 Å². The number of ether oxygens (including phenoxy) is 4. The molecule has 20 nitrogen and oxygen atoms in total. The molecule has 0 amide bonds. The van der Waals surface area contributed by atoms with Gasteiger partial charge < -0.3 is 79.4 Å². The van der Waals surface area contributed by atoms with E-state index in [-0.39, 0.29) is 65.6 Å². The Morgan fingerprint density at radius 1 is 0.329 bits per heavy atom. The molecule has 0 unspecified atom stereocenters. The second kappa shape index (κ2) is 41.4. The Morgan fingerprint density at radius 2 is 0.536 bits per heavy atom. The van der Waals surface area contributed by atoms with Gasteiger partial charge in [-0.05, 0) is 365 Å². The number of aryl methyl sites for hydroxylation is 4. The van der Waals surface area contributed by atoms with E-state index in [1.807, 2.05) is 24.3 Å². The Balaban J connectivity index is 0.000000129. The summed E-state index contributed by atoms with van der Waals surface area (Å²) in [5, 5.41) is 85.3. The third kappa shape index (κ3) is 19.9. The quantitative estimate of drug-likeness (QED) is 0.0261. The normalized spacial score (nSPS) is 28.2. The van der Waals surface area contributed by atoms with Crippen molar-refractivity contribution in [3.63, 3.8) is 0 Å². The number of hydrogen-bond acceptors (Lipinski definition) is 16. The van der Waals surface area contributed by atoms with E-state index in [0.717, 1.165) is 247 Å². The number of anilines is 4. The average Bonchev–Trinajstić information content (AvgIpc) is 1.60. The van der Waals surface area contributed by atoms with Crippen molar-refractivity contribution in [2.24, 2.45) is 45.3 Å². The molecule has 4 heterocycles. The first-order chi connectivity index (χ1) is 67.0. The lowest BCUT2D eigenvalue weighted by Gasteiger charge is -2.52. The van der Waals surface area contributed by atoms with Gasteiger partial charge in [0.1, 0.15) is 23.0 Å². The van der Waals surface area contributed by atoms with Gasteiger partial charge in [-0.3, -0.25) is 0 Å². The standard InChI is InChI=1S/4C29H34ClNO4/c4*1-3-5-26(32)28(2)13-11-21(28)16-31-17-29(12-4-6-19-14-22(30)8-9-23(19)29)18-35-25-10-7-20(27(33)34)15-24(25)31/h4*3,7-10,14-15,21,26,32H,1,4-6,11-13,16-18H2,2H3,(H,33,34)/t21-,26+,28-,29+;21-,26+,28-,29-;21-,26-,28-,29+;21-,26-,28-,29-/m1010/s1. The zero-order valence-corrected chi connectivity index (χ0v) is 84.2. The molecule has 8 N–H and O–H groups in total. The highest BCUT2D eigenvalue weighted by molar-refractivity contribution is 6.31. The number of carboxylic acid groups (broad SMARTS) is 4. The predicted octanol–water partition coefficient (Wildman–Crippen LogP) is 23.5. The first-order valence-corrected chi connectivity index (χ1v) is 51.9. The molecule has 8 aliphatic carbocycles. The van der Waals surface area contributed by atoms with Gasteiger partial charge >= 0.3 is 23.9 Å². The number of aliphatic hydroxyl groups excluding tert-OH is 4. The fraction of sp³-hybridized carbons (Fsp3) is 0.483. The molecule has 8 aromatic carbocycles. The molecule has 8 aromatic rings. The van der Waals surface area contributed by atoms with Crippen LogP contribution in [0.25, 0.3) is 0 Å². The van der Waals surface area contributed by atoms with Crippen molar-refractivity contribution in [3.8, 4) is 23.0 Å². The largest absolute Gasteiger partial charge is 0.490 e. The van der Waals surface area contributed by atoms with Gasteiger partial charge in [0.2, 0.25) is 0 Å². The number of carboxylic acids is 4. The van der Waals surface area contributed by atoms with Gasteiger partial charge in [0.25, 0.3) is 0 Å². The molecule has 140 heavy (non-hydrogen) atoms. The third-order valence-electron chi connectivity index (χ3n) is 35.4. The van der Waals surface area contributed by atoms with Crippen LogP contribution in [0.1, 0.15) is 242 Å². The molecule has 4 saturated carbocycles. The van der Waals surface area contributed by atoms with E-state index < -0.39 is 48.3 Å². The topological polar surface area (TPSA) is 280 Å². The van der Waals surface area contributed by atoms with Crippen molar-refractivity contribution in [3.05, 3.63) is 283 Å². The predicted molar refractivity (Wildman–Crippen MR) is 555 cm³/mol. The maximum absolute atomic E-state index is 11.8. The summed E-state index contributed by atoms with van der Waals surface area (Å²) in [6.07, 6.45) is 28.0. The summed E-state index contributed by atoms with van der Waals surface area (Å²) >= 11 is 25.4. The molecule has 0 saturated heterocycles. The van der Waals surface area contributed by atoms with Crippen LogP contribution in [0.5, 0.6) is 23.0 Å². The highest BCUT2D eigenvalue weighted by Crippen LogP contribution is 2.59. The van der Waals surface area contributed by atoms with E-state index in [9.17, 15) is 60.0 Å². The van der Waals surface area contributed by atoms with E-state index >= 15 is 0 Å². The molecule has 4 fully saturated rings. The summed E-state index contributed by atoms with van der Waals surface area (Å²) in [6.45, 7) is 32.0. The van der Waals surface area contributed by atoms with Gasteiger partial charge in [-0.2, -0.15) is 0 Å². The Labute approximate surface area is 844 Å². The molecule has 20 rings (SSSR count). The van der Waals surface area contributed by atoms with Gasteiger partial charge in [0, 0.05) is 94.1 Å². The summed E-state index contributed by atoms with van der Waals surface area (Å²) < 4.78 is 25.7. The molecule has 0 aromatic heterocycles. The fourth-order valence-electron chi connectivity index (χ4n) is 25.9. The Kier molecular flexibility index (Phi) is 30.0. The molecule has 0 radical (unpaired) electrons. The second-order valence-corrected chi connectivity index (χ2v) is 45.2. The van der Waals surface area contributed by atoms with Crippen molar-refractivity contribution in [1.82, 2.24) is 0 Å². The molecular formula is C116H136Cl4N4O16. The van der Waals surface area contributed by atoms with Crippen LogP contribution in [0.15, 0.2) is 196 Å². The molecular weight excluding hydrogens is 1850 g/mol. The number of hydrogen-bond donors (Lipinski definition) is 8. The lowest BCUT2D eigenvalue weighted by atomic mass is 9.57. The van der Waals surface area contributed by atoms with Crippen molar-refractivity contribution in [2.45, 2.75) is 228 Å². The average molecular weight is 1980 g/mol. The van der Waals surface area contributed by atoms with Crippen LogP contribution in [0, 0.1) is 45.3 Å². The van der Waals surface area contributed by atoms with Crippen molar-refractivity contribution in [2.75, 3.05) is 98.4 Å². The third-order valence-corrected chi connectivity index (χ3v) is 36.3. The van der Waals surface area contributed by atoms with E-state index in [2.05, 4.69) is 122 Å². The van der Waals surface area contributed by atoms with Crippen LogP contribution in [0.4, 0.5) is 22.7 Å². The summed E-state index contributed by atoms with van der Waals surface area (Å²) in [7, 11) is 0. The first kappa shape index (κ1) is 101. The van der Waals surface area contributed by atoms with E-state index in [4.69, 9.17) is 65.4 Å². The van der Waals surface area contributed by atoms with Crippen molar-refractivity contribution >= 4 is 93.0 Å². The van der Waals surface area contributed by atoms with Crippen molar-refractivity contribution in [1.29, 1.82) is 0 Å². The number of benzene rings is 8. The SMILES string of the molecule is C=CC[C@@H](O)[C@@]1(C)CC[C@H]1CN1C[C@@]2(CCCc3cc(Cl)ccc32)COc2ccc(C(=O)O)cc21.C=CC[C@@H](O)[C@]1(C)CC[C@@H]1CN1C[C@@]2(CCCc3cc(Cl)ccc32)COc2ccc(C(=O)O)cc21.C=CC[C@H](O)[C@@]1(C)CC[C@H]1CN1C[C@@]2(CCCc3cc(Cl)ccc32)COc2ccc(C(=O)O)cc21.C=CC[C@H](O)[C@]1(C)CC[C@@H]1CN1C[C@@]2(CCCc3cc(Cl)ccc32)COc2ccc(C(=O)O)cc21. The molecule has 4 aliphatic heterocycles. The zero-order chi connectivity index (χ0) is 99.2. The first-order valence-electron chi connectivity index (χ1n) is 50.3. The second-order valence-electron chi connectivity index (χ2n) is 43.5. The number of carbonyl (C=O) groups is 4. The minimum absolute atomic E-state index is 0.183. The fourth-order valence-corrected chi connectivity index (χ4v) is 26.7. The Morgan fingerprint density at radius 3 is 0.714 bits per heavy atom. The molecule has 4 spiro atoms. The maximum atomic E-state index is 11.8. The summed E-state index contributed by atoms with van der Waals surface area (Å²) in [4.78, 5) is 56.6. The minimum atomic E-state index is -0.945. The van der Waals surface area contributed by atoms with Gasteiger partial charge in [-0.1, -0.05) is 123 Å². The van der Waals surface area contributed by atoms with Crippen LogP contribution in [0.3, 0.4) is 0 Å². The van der Waals surface area contributed by atoms with E-state index in [1.54, 1.807) is 97.1 Å². The molecule has 16 atom stereocenters. The van der Waals surface area contributed by atoms with Crippen molar-refractivity contribution < 1.29 is 79.0 Å². The smallest absolute Gasteiger partial charge is 0.335 e. The Bertz CT molecular complexity index is 5310. The monoisotopic (exact) mass is 1980 g/mol. The van der Waals surface area contributed by atoms with Gasteiger partial charge in [-0.25, -0.2) is 19.2 Å². The molecule has 12 aliphatic rings. The lowest BCUT2D eigenvalue weighted by Crippen LogP contribution is -2.53. The molecule has 0 bridgehead atoms. The number of fused-ring (bicyclic) bond motifs is 12. The number of aromatic carboxylic acids is 4. The van der Waals surface area contributed by atoms with E-state index in [0.29, 0.717) is 75.8 Å². The maximum Gasteiger partial charge on any atom is 0.335 e. The van der Waals surface area contributed by atoms with Crippen LogP contribution < -0.4 is 38.5 Å². The highest BCUT2D eigenvalue weighted by Gasteiger charge is 2.56. The number of aliphatic hydroxyl groups is 4. The summed E-state index contributed by atoms with van der Waals surface area (Å²) in [5.74, 6) is 0.286. The number of rotatable bonds is 24. The zero-order valence-electron chi connectivity index (χ0n) is 81.2. The van der Waals surface area contributed by atoms with Gasteiger partial charge in [-0.15, -0.1) is 26.3 Å². The van der Waals surface area contributed by atoms with Crippen LogP contribution in [-0.2, 0) is 47.3 Å². The van der Waals surface area contributed by atoms with E-state index in [1.165, 1.54) is 44.5 Å². The lowest BCUT2D eigenvalue weighted by molar-refractivity contribution is -0.0695. The minimum Gasteiger partial charge on any atom is -0.490 e.